The number of hydrogen-bond donors (Lipinski definition) is 0. The topological polar surface area (TPSA) is 103 Å². The van der Waals surface area contributed by atoms with Gasteiger partial charge in [-0.3, -0.25) is 19.9 Å². The van der Waals surface area contributed by atoms with Crippen LogP contribution in [0.25, 0.3) is 180 Å². The molecule has 0 saturated heterocycles. The molecule has 0 amide bonds. The van der Waals surface area contributed by atoms with Crippen LogP contribution in [0.2, 0.25) is 0 Å². The van der Waals surface area contributed by atoms with Crippen LogP contribution in [0.1, 0.15) is 44.5 Å². The van der Waals surface area contributed by atoms with Crippen LogP contribution in [0.5, 0.6) is 0 Å². The van der Waals surface area contributed by atoms with Crippen LogP contribution in [0.15, 0.2) is 497 Å². The molecule has 0 radical (unpaired) electrons. The highest BCUT2D eigenvalue weighted by Gasteiger charge is 2.54. The Morgan fingerprint density at radius 3 is 0.775 bits per heavy atom. The highest BCUT2D eigenvalue weighted by molar-refractivity contribution is 9.11. The Labute approximate surface area is 890 Å². The zero-order valence-electron chi connectivity index (χ0n) is 75.5. The lowest BCUT2D eigenvalue weighted by molar-refractivity contribution is 0.793. The van der Waals surface area contributed by atoms with Crippen molar-refractivity contribution in [2.75, 3.05) is 0 Å². The van der Waals surface area contributed by atoms with Crippen LogP contribution in [-0.2, 0) is 10.8 Å². The summed E-state index contributed by atoms with van der Waals surface area (Å²) in [4.78, 5) is 38.6. The van der Waals surface area contributed by atoms with Crippen molar-refractivity contribution in [3.05, 3.63) is 542 Å². The van der Waals surface area contributed by atoms with Crippen molar-refractivity contribution < 1.29 is 0 Å². The quantitative estimate of drug-likeness (QED) is 0.119. The van der Waals surface area contributed by atoms with Crippen molar-refractivity contribution in [2.45, 2.75) is 10.8 Å². The van der Waals surface area contributed by atoms with E-state index in [1.807, 2.05) is 176 Å². The second kappa shape index (κ2) is 39.5. The van der Waals surface area contributed by atoms with Gasteiger partial charge in [0.25, 0.3) is 0 Å². The summed E-state index contributed by atoms with van der Waals surface area (Å²) in [6.07, 6.45) is 7.22. The maximum atomic E-state index is 5.61. The van der Waals surface area contributed by atoms with E-state index in [-0.39, 0.29) is 0 Å². The first-order chi connectivity index (χ1) is 69.7. The zero-order chi connectivity index (χ0) is 96.1. The Kier molecular flexibility index (Phi) is 25.6. The van der Waals surface area contributed by atoms with Crippen LogP contribution in [0.4, 0.5) is 0 Å². The van der Waals surface area contributed by atoms with Gasteiger partial charge in [-0.15, -0.1) is 0 Å². The lowest BCUT2D eigenvalue weighted by Gasteiger charge is -2.31. The first-order valence-electron chi connectivity index (χ1n) is 46.2. The first kappa shape index (κ1) is 91.9. The molecule has 8 heterocycles. The smallest absolute Gasteiger partial charge is 0.0894 e. The predicted molar refractivity (Wildman–Crippen MR) is 608 cm³/mol. The number of hydrogen-bond acceptors (Lipinski definition) is 8. The van der Waals surface area contributed by atoms with E-state index in [0.717, 1.165) is 171 Å². The summed E-state index contributed by atoms with van der Waals surface area (Å²) in [6.45, 7) is 0. The second-order valence-electron chi connectivity index (χ2n) is 34.8. The van der Waals surface area contributed by atoms with Gasteiger partial charge in [0, 0.05) is 105 Å². The summed E-state index contributed by atoms with van der Waals surface area (Å²) >= 11 is 29.1. The number of fused-ring (bicyclic) bond motifs is 20. The molecule has 0 saturated carbocycles. The fraction of sp³-hybridized carbons (Fsp3) is 0.0159. The van der Waals surface area contributed by atoms with Gasteiger partial charge in [-0.05, 0) is 311 Å². The van der Waals surface area contributed by atoms with Crippen LogP contribution in [0, 0.1) is 0 Å². The van der Waals surface area contributed by atoms with Gasteiger partial charge < -0.3 is 0 Å². The molecule has 2 spiro atoms. The Morgan fingerprint density at radius 1 is 0.141 bits per heavy atom. The number of halogens is 8. The summed E-state index contributed by atoms with van der Waals surface area (Å²) in [6, 6.07) is 154. The molecule has 8 aromatic heterocycles. The average molecular weight is 2340 g/mol. The molecule has 4 aliphatic rings. The van der Waals surface area contributed by atoms with Crippen molar-refractivity contribution in [1.82, 2.24) is 39.9 Å². The average Bonchev–Trinajstić information content (AvgIpc) is 1.51. The monoisotopic (exact) mass is 2330 g/mol. The van der Waals surface area contributed by atoms with Gasteiger partial charge in [-0.1, -0.05) is 364 Å². The first-order valence-corrected chi connectivity index (χ1v) is 52.6. The molecule has 0 N–H and O–H groups in total. The molecule has 0 aliphatic heterocycles. The molecular weight excluding hydrogens is 2260 g/mol. The Morgan fingerprint density at radius 2 is 0.394 bits per heavy atom. The Balaban J connectivity index is 0.000000119. The third-order valence-electron chi connectivity index (χ3n) is 26.8. The maximum Gasteiger partial charge on any atom is 0.0894 e. The molecule has 4 aliphatic carbocycles. The largest absolute Gasteiger partial charge is 0.255 e. The Bertz CT molecular complexity index is 8540. The molecule has 22 aromatic rings. The zero-order valence-corrected chi connectivity index (χ0v) is 88.2. The van der Waals surface area contributed by atoms with Crippen molar-refractivity contribution in [3.63, 3.8) is 0 Å². The van der Waals surface area contributed by atoms with Gasteiger partial charge in [0.1, 0.15) is 0 Å². The summed E-state index contributed by atoms with van der Waals surface area (Å²) in [5.41, 5.74) is 43.4. The van der Waals surface area contributed by atoms with Gasteiger partial charge in [-0.25, -0.2) is 19.9 Å². The van der Waals surface area contributed by atoms with Crippen molar-refractivity contribution in [3.8, 4) is 180 Å². The SMILES string of the molecule is Brc1ccc(-c2ccc(-c3ccccn3)nc2-c2cccc(Br)c2)cc1.Brc1ccc(-c2nc(-c3ccccn3)ccc2-c2cccc(Br)c2)cc1.Brc1ccc(-c2nc(-c3ccccn3)ccc2-c2ccccc2Br)cc1.Brc1ccc2c(c1)C1(c3ccccc3-c3ccccc31)c1cc(-c3ccc(-c4ccccn4)nc3-c3ccc4c(c3)C3(c5ccccc5-c5ccccc53)c3cc(Br)ccc3-4)ccc1-2. The van der Waals surface area contributed by atoms with E-state index in [2.05, 4.69) is 409 Å². The lowest BCUT2D eigenvalue weighted by atomic mass is 9.70. The van der Waals surface area contributed by atoms with Gasteiger partial charge in [-0.2, -0.15) is 0 Å². The minimum atomic E-state index is -0.500. The normalized spacial score (nSPS) is 12.3. The summed E-state index contributed by atoms with van der Waals surface area (Å²) < 4.78 is 8.43. The van der Waals surface area contributed by atoms with Crippen molar-refractivity contribution >= 4 is 127 Å². The molecule has 0 atom stereocenters. The van der Waals surface area contributed by atoms with E-state index in [0.29, 0.717) is 0 Å². The second-order valence-corrected chi connectivity index (χ2v) is 42.1. The van der Waals surface area contributed by atoms with E-state index < -0.39 is 10.8 Å². The van der Waals surface area contributed by atoms with Gasteiger partial charge >= 0.3 is 0 Å². The highest BCUT2D eigenvalue weighted by Crippen LogP contribution is 2.66. The standard InChI is InChI=1S/C60H34Br2N2.3C22H14Br2N2/c61-37-22-26-46-44-24-20-35(31-52(44)59(54(46)33-37)48-15-5-1-11-40(48)41-12-2-6-16-49(41)59)39-28-29-57(56-19-9-10-30-63-56)64-58(39)36-21-25-45-47-27-23-38(62)34-55(47)60(53(45)32-36)50-17-7-3-13-42(50)43-14-4-8-18-51(43)60;23-17-9-7-15(8-10-17)22-19(16-4-3-5-18(24)14-16)11-12-21(26-22)20-6-1-2-13-25-20;23-17-9-7-15(8-10-17)19-11-12-21(20-6-1-2-13-25-20)26-22(19)16-4-3-5-18(24)14-16;23-16-10-8-15(9-11-16)22-18(17-5-1-2-6-19(17)24)12-13-21(26-22)20-7-3-4-14-25-20/h1-34H;3*1-14H. The number of rotatable bonds is 12. The summed E-state index contributed by atoms with van der Waals surface area (Å²) in [5.74, 6) is 0. The van der Waals surface area contributed by atoms with Crippen LogP contribution < -0.4 is 0 Å². The number of benzene rings is 14. The predicted octanol–water partition coefficient (Wildman–Crippen LogP) is 36.7. The van der Waals surface area contributed by atoms with Gasteiger partial charge in [0.15, 0.2) is 0 Å². The molecule has 676 valence electrons. The lowest BCUT2D eigenvalue weighted by Crippen LogP contribution is -2.26. The molecule has 16 heteroatoms. The van der Waals surface area contributed by atoms with E-state index in [9.17, 15) is 0 Å². The summed E-state index contributed by atoms with van der Waals surface area (Å²) in [5, 5.41) is 0. The van der Waals surface area contributed by atoms with E-state index in [4.69, 9.17) is 24.9 Å². The van der Waals surface area contributed by atoms with Gasteiger partial charge in [0.2, 0.25) is 0 Å². The minimum absolute atomic E-state index is 0.484. The third-order valence-corrected chi connectivity index (χ3v) is 31.0. The molecule has 0 fully saturated rings. The molecular formula is C126H76Br8N8. The maximum absolute atomic E-state index is 5.61. The molecule has 14 aromatic carbocycles. The van der Waals surface area contributed by atoms with Crippen molar-refractivity contribution in [2.24, 2.45) is 0 Å². The van der Waals surface area contributed by atoms with E-state index in [1.54, 1.807) is 18.6 Å². The van der Waals surface area contributed by atoms with Gasteiger partial charge in [0.05, 0.1) is 79.2 Å². The third kappa shape index (κ3) is 17.2. The fourth-order valence-electron chi connectivity index (χ4n) is 20.6. The number of pyridine rings is 8. The Hall–Kier alpha value is -13.9. The molecule has 0 unspecified atom stereocenters. The molecule has 8 nitrogen and oxygen atoms in total. The molecule has 26 rings (SSSR count). The van der Waals surface area contributed by atoms with Crippen LogP contribution >= 0.6 is 127 Å². The summed E-state index contributed by atoms with van der Waals surface area (Å²) in [7, 11) is 0. The number of nitrogens with zero attached hydrogens (tertiary/aromatic N) is 8. The van der Waals surface area contributed by atoms with E-state index >= 15 is 0 Å². The highest BCUT2D eigenvalue weighted by atomic mass is 79.9. The fourth-order valence-corrected chi connectivity index (χ4v) is 23.4. The van der Waals surface area contributed by atoms with Crippen LogP contribution in [-0.4, -0.2) is 39.9 Å². The molecule has 142 heavy (non-hydrogen) atoms. The minimum Gasteiger partial charge on any atom is -0.255 e. The number of aromatic nitrogens is 8. The van der Waals surface area contributed by atoms with E-state index in [1.165, 1.54) is 89.0 Å². The van der Waals surface area contributed by atoms with Crippen LogP contribution in [0.3, 0.4) is 0 Å². The molecule has 0 bridgehead atoms. The van der Waals surface area contributed by atoms with Crippen molar-refractivity contribution in [1.29, 1.82) is 0 Å².